The van der Waals surface area contributed by atoms with E-state index in [4.69, 9.17) is 0 Å². The van der Waals surface area contributed by atoms with Crippen molar-refractivity contribution in [3.05, 3.63) is 104 Å². The van der Waals surface area contributed by atoms with Crippen LogP contribution in [0.25, 0.3) is 66.1 Å². The summed E-state index contributed by atoms with van der Waals surface area (Å²) in [6, 6.07) is 26.1. The highest BCUT2D eigenvalue weighted by atomic mass is 79.9. The molecule has 0 saturated carbocycles. The molecule has 0 aliphatic carbocycles. The zero-order valence-corrected chi connectivity index (χ0v) is 25.6. The number of aromatic hydroxyl groups is 2. The normalized spacial score (nSPS) is 11.3. The van der Waals surface area contributed by atoms with Crippen molar-refractivity contribution >= 4 is 86.8 Å². The van der Waals surface area contributed by atoms with Crippen LogP contribution in [-0.2, 0) is 0 Å². The molecule has 0 bridgehead atoms. The van der Waals surface area contributed by atoms with Crippen molar-refractivity contribution in [2.45, 2.75) is 0 Å². The zero-order valence-electron chi connectivity index (χ0n) is 22.4. The van der Waals surface area contributed by atoms with E-state index in [1.807, 2.05) is 84.9 Å². The molecule has 0 aliphatic heterocycles. The maximum absolute atomic E-state index is 11.3. The second-order valence-electron chi connectivity index (χ2n) is 10.0. The van der Waals surface area contributed by atoms with Crippen LogP contribution in [0.1, 0.15) is 0 Å². The van der Waals surface area contributed by atoms with Crippen molar-refractivity contribution in [2.24, 2.45) is 10.4 Å². The smallest absolute Gasteiger partial charge is 0.199 e. The first-order valence-corrected chi connectivity index (χ1v) is 14.9. The molecule has 0 amide bonds. The number of aromatic nitrogens is 4. The zero-order chi connectivity index (χ0) is 30.5. The third-order valence-electron chi connectivity index (χ3n) is 7.52. The monoisotopic (exact) mass is 710 g/mol. The molecule has 4 heterocycles. The quantitative estimate of drug-likeness (QED) is 0.100. The Bertz CT molecular complexity index is 2230. The first-order chi connectivity index (χ1) is 21.4. The lowest BCUT2D eigenvalue weighted by atomic mass is 10.1. The van der Waals surface area contributed by atoms with Crippen LogP contribution in [0.3, 0.4) is 0 Å². The van der Waals surface area contributed by atoms with E-state index in [0.29, 0.717) is 33.9 Å². The van der Waals surface area contributed by atoms with Crippen molar-refractivity contribution < 1.29 is 10.2 Å². The molecule has 0 unspecified atom stereocenters. The average molecular weight is 712 g/mol. The number of hydrogen-bond acceptors (Lipinski definition) is 6. The molecule has 0 radical (unpaired) electrons. The molecule has 12 heteroatoms. The molecule has 0 aliphatic rings. The van der Waals surface area contributed by atoms with E-state index in [1.165, 1.54) is 0 Å². The molecular formula is C32H20Br2N6O4. The number of H-pyrrole nitrogens is 4. The second kappa shape index (κ2) is 10.8. The summed E-state index contributed by atoms with van der Waals surface area (Å²) >= 11 is 6.80. The summed E-state index contributed by atoms with van der Waals surface area (Å²) in [5.41, 5.74) is 5.89. The fraction of sp³-hybridized carbons (Fsp3) is 0. The number of hydrogen-bond donors (Lipinski definition) is 6. The molecule has 8 rings (SSSR count). The summed E-state index contributed by atoms with van der Waals surface area (Å²) in [4.78, 5) is 34.9. The average Bonchev–Trinajstić information content (AvgIpc) is 3.74. The van der Waals surface area contributed by atoms with Gasteiger partial charge in [0.25, 0.3) is 0 Å². The van der Waals surface area contributed by atoms with Gasteiger partial charge in [0, 0.05) is 41.5 Å². The van der Waals surface area contributed by atoms with E-state index in [-0.39, 0.29) is 11.8 Å². The van der Waals surface area contributed by atoms with Crippen LogP contribution in [0.15, 0.2) is 104 Å². The van der Waals surface area contributed by atoms with Gasteiger partial charge in [-0.3, -0.25) is 0 Å². The van der Waals surface area contributed by atoms with Gasteiger partial charge in [-0.15, -0.1) is 9.81 Å². The van der Waals surface area contributed by atoms with Gasteiger partial charge in [-0.25, -0.2) is 0 Å². The molecule has 6 N–H and O–H groups in total. The standard InChI is InChI=1S/2C16H10BrN3O2/c2*17-8-5-6-9-12(7-8)19-16(21)13(9)15-14(20-22)10-3-1-2-4-11(10)18-15/h2*1-7,18-19,21H. The van der Waals surface area contributed by atoms with Crippen LogP contribution in [-0.4, -0.2) is 30.1 Å². The lowest BCUT2D eigenvalue weighted by molar-refractivity contribution is 0.459. The maximum Gasteiger partial charge on any atom is 0.199 e. The molecule has 44 heavy (non-hydrogen) atoms. The number of halogens is 2. The maximum atomic E-state index is 11.3. The number of nitrogens with one attached hydrogen (secondary N) is 4. The van der Waals surface area contributed by atoms with Gasteiger partial charge in [0.15, 0.2) is 11.8 Å². The van der Waals surface area contributed by atoms with Crippen LogP contribution < -0.4 is 0 Å². The van der Waals surface area contributed by atoms with Crippen LogP contribution in [0.5, 0.6) is 11.8 Å². The fourth-order valence-corrected chi connectivity index (χ4v) is 6.35. The lowest BCUT2D eigenvalue weighted by Gasteiger charge is -1.99. The third kappa shape index (κ3) is 4.46. The Morgan fingerprint density at radius 1 is 0.500 bits per heavy atom. The van der Waals surface area contributed by atoms with E-state index < -0.39 is 0 Å². The molecule has 4 aromatic heterocycles. The number of rotatable bonds is 4. The Kier molecular flexibility index (Phi) is 6.79. The van der Waals surface area contributed by atoms with Gasteiger partial charge in [-0.2, -0.15) is 0 Å². The highest BCUT2D eigenvalue weighted by Crippen LogP contribution is 2.46. The molecule has 0 saturated heterocycles. The van der Waals surface area contributed by atoms with Crippen molar-refractivity contribution in [3.8, 4) is 34.3 Å². The van der Waals surface area contributed by atoms with E-state index in [0.717, 1.165) is 52.6 Å². The lowest BCUT2D eigenvalue weighted by Crippen LogP contribution is -1.77. The summed E-state index contributed by atoms with van der Waals surface area (Å²) in [6.45, 7) is 0. The molecular weight excluding hydrogens is 692 g/mol. The molecule has 216 valence electrons. The van der Waals surface area contributed by atoms with E-state index >= 15 is 0 Å². The van der Waals surface area contributed by atoms with Gasteiger partial charge in [0.2, 0.25) is 0 Å². The first-order valence-electron chi connectivity index (χ1n) is 13.3. The second-order valence-corrected chi connectivity index (χ2v) is 11.9. The van der Waals surface area contributed by atoms with Crippen LogP contribution in [0, 0.1) is 9.81 Å². The number of benzene rings is 4. The molecule has 0 atom stereocenters. The predicted octanol–water partition coefficient (Wildman–Crippen LogP) is 10.4. The Morgan fingerprint density at radius 3 is 1.32 bits per heavy atom. The van der Waals surface area contributed by atoms with E-state index in [1.54, 1.807) is 0 Å². The SMILES string of the molecule is O=Nc1c(-c2c(O)[nH]c3cc(Br)ccc23)[nH]c2ccccc12.O=Nc1c(-c2c(O)[nH]c3cc(Br)ccc23)[nH]c2ccccc12. The van der Waals surface area contributed by atoms with Gasteiger partial charge in [-0.1, -0.05) is 80.4 Å². The number of fused-ring (bicyclic) bond motifs is 4. The highest BCUT2D eigenvalue weighted by molar-refractivity contribution is 9.10. The number of nitroso groups, excluding NO2 is 2. The molecule has 0 spiro atoms. The summed E-state index contributed by atoms with van der Waals surface area (Å²) in [6.07, 6.45) is 0. The van der Waals surface area contributed by atoms with Crippen molar-refractivity contribution in [1.82, 2.24) is 19.9 Å². The van der Waals surface area contributed by atoms with Gasteiger partial charge in [0.05, 0.1) is 33.5 Å². The Labute approximate surface area is 264 Å². The number of aromatic amines is 4. The van der Waals surface area contributed by atoms with Crippen LogP contribution in [0.2, 0.25) is 0 Å². The summed E-state index contributed by atoms with van der Waals surface area (Å²) in [5, 5.41) is 30.0. The molecule has 10 nitrogen and oxygen atoms in total. The van der Waals surface area contributed by atoms with Gasteiger partial charge < -0.3 is 30.1 Å². The van der Waals surface area contributed by atoms with Gasteiger partial charge >= 0.3 is 0 Å². The van der Waals surface area contributed by atoms with E-state index in [9.17, 15) is 20.0 Å². The number of para-hydroxylation sites is 2. The molecule has 4 aromatic carbocycles. The largest absolute Gasteiger partial charge is 0.494 e. The topological polar surface area (TPSA) is 162 Å². The van der Waals surface area contributed by atoms with Gasteiger partial charge in [-0.05, 0) is 46.8 Å². The Hall–Kier alpha value is -5.20. The minimum atomic E-state index is 0.00422. The van der Waals surface area contributed by atoms with Gasteiger partial charge in [0.1, 0.15) is 11.4 Å². The van der Waals surface area contributed by atoms with Crippen LogP contribution in [0.4, 0.5) is 11.4 Å². The van der Waals surface area contributed by atoms with Crippen molar-refractivity contribution in [3.63, 3.8) is 0 Å². The predicted molar refractivity (Wildman–Crippen MR) is 181 cm³/mol. The third-order valence-corrected chi connectivity index (χ3v) is 8.51. The summed E-state index contributed by atoms with van der Waals surface area (Å²) < 4.78 is 1.80. The summed E-state index contributed by atoms with van der Waals surface area (Å²) in [5.74, 6) is 0.00844. The first kappa shape index (κ1) is 27.6. The molecule has 0 fully saturated rings. The minimum absolute atomic E-state index is 0.00422. The Morgan fingerprint density at radius 2 is 0.909 bits per heavy atom. The highest BCUT2D eigenvalue weighted by Gasteiger charge is 2.22. The fourth-order valence-electron chi connectivity index (χ4n) is 5.62. The van der Waals surface area contributed by atoms with E-state index in [2.05, 4.69) is 62.1 Å². The summed E-state index contributed by atoms with van der Waals surface area (Å²) in [7, 11) is 0. The molecule has 8 aromatic rings. The van der Waals surface area contributed by atoms with Crippen molar-refractivity contribution in [2.75, 3.05) is 0 Å². The minimum Gasteiger partial charge on any atom is -0.494 e. The Balaban J connectivity index is 0.000000142. The van der Waals surface area contributed by atoms with Crippen LogP contribution >= 0.6 is 31.9 Å². The number of nitrogens with zero attached hydrogens (tertiary/aromatic N) is 2. The van der Waals surface area contributed by atoms with Crippen molar-refractivity contribution in [1.29, 1.82) is 0 Å².